The van der Waals surface area contributed by atoms with Crippen molar-refractivity contribution in [3.63, 3.8) is 0 Å². The Morgan fingerprint density at radius 2 is 1.70 bits per heavy atom. The Morgan fingerprint density at radius 1 is 1.10 bits per heavy atom. The van der Waals surface area contributed by atoms with Crippen LogP contribution in [-0.4, -0.2) is 5.91 Å². The summed E-state index contributed by atoms with van der Waals surface area (Å²) in [4.78, 5) is 12.1. The highest BCUT2D eigenvalue weighted by Gasteiger charge is 2.11. The fraction of sp³-hybridized carbons (Fsp3) is 0.235. The molecule has 0 unspecified atom stereocenters. The molecule has 0 saturated carbocycles. The molecule has 0 radical (unpaired) electrons. The zero-order valence-electron chi connectivity index (χ0n) is 11.7. The Morgan fingerprint density at radius 3 is 2.25 bits per heavy atom. The fourth-order valence-corrected chi connectivity index (χ4v) is 2.01. The molecular formula is C17H18FNO. The van der Waals surface area contributed by atoms with E-state index in [4.69, 9.17) is 0 Å². The number of carbonyl (C=O) groups is 1. The summed E-state index contributed by atoms with van der Waals surface area (Å²) in [6, 6.07) is 13.6. The molecule has 0 aromatic heterocycles. The number of halogens is 1. The number of carbonyl (C=O) groups excluding carboxylic acids is 1. The molecule has 1 atom stereocenters. The number of amides is 1. The first-order valence-electron chi connectivity index (χ1n) is 6.75. The molecule has 2 nitrogen and oxygen atoms in total. The first-order chi connectivity index (χ1) is 9.60. The van der Waals surface area contributed by atoms with Gasteiger partial charge in [-0.3, -0.25) is 4.79 Å². The second-order valence-corrected chi connectivity index (χ2v) is 4.80. The summed E-state index contributed by atoms with van der Waals surface area (Å²) in [5.74, 6) is -0.396. The second-order valence-electron chi connectivity index (χ2n) is 4.80. The molecule has 0 aliphatic heterocycles. The maximum atomic E-state index is 12.9. The topological polar surface area (TPSA) is 29.1 Å². The van der Waals surface area contributed by atoms with Crippen LogP contribution in [0.4, 0.5) is 4.39 Å². The summed E-state index contributed by atoms with van der Waals surface area (Å²) in [7, 11) is 0. The van der Waals surface area contributed by atoms with Gasteiger partial charge in [0, 0.05) is 5.56 Å². The number of hydrogen-bond acceptors (Lipinski definition) is 1. The average molecular weight is 271 g/mol. The fourth-order valence-electron chi connectivity index (χ4n) is 2.01. The first kappa shape index (κ1) is 14.3. The van der Waals surface area contributed by atoms with Crippen LogP contribution in [-0.2, 0) is 6.42 Å². The minimum atomic E-state index is -0.276. The van der Waals surface area contributed by atoms with Crippen LogP contribution in [0.3, 0.4) is 0 Å². The zero-order valence-corrected chi connectivity index (χ0v) is 11.7. The van der Waals surface area contributed by atoms with Gasteiger partial charge in [-0.15, -0.1) is 0 Å². The Balaban J connectivity index is 2.04. The average Bonchev–Trinajstić information content (AvgIpc) is 2.48. The number of aryl methyl sites for hydroxylation is 1. The predicted molar refractivity (Wildman–Crippen MR) is 78.1 cm³/mol. The van der Waals surface area contributed by atoms with E-state index in [1.807, 2.05) is 31.2 Å². The van der Waals surface area contributed by atoms with E-state index in [-0.39, 0.29) is 17.8 Å². The maximum absolute atomic E-state index is 12.9. The monoisotopic (exact) mass is 271 g/mol. The third-order valence-electron chi connectivity index (χ3n) is 3.34. The highest BCUT2D eigenvalue weighted by molar-refractivity contribution is 5.94. The molecule has 0 saturated heterocycles. The zero-order chi connectivity index (χ0) is 14.5. The lowest BCUT2D eigenvalue weighted by molar-refractivity contribution is 0.0940. The van der Waals surface area contributed by atoms with Crippen molar-refractivity contribution in [2.24, 2.45) is 0 Å². The van der Waals surface area contributed by atoms with Gasteiger partial charge in [0.15, 0.2) is 0 Å². The Bertz CT molecular complexity index is 575. The highest BCUT2D eigenvalue weighted by atomic mass is 19.1. The number of hydrogen-bond donors (Lipinski definition) is 1. The van der Waals surface area contributed by atoms with Crippen molar-refractivity contribution in [3.8, 4) is 0 Å². The van der Waals surface area contributed by atoms with Crippen molar-refractivity contribution in [1.29, 1.82) is 0 Å². The quantitative estimate of drug-likeness (QED) is 0.898. The molecule has 0 fully saturated rings. The van der Waals surface area contributed by atoms with Gasteiger partial charge in [-0.25, -0.2) is 4.39 Å². The number of benzene rings is 2. The van der Waals surface area contributed by atoms with Gasteiger partial charge in [0.2, 0.25) is 0 Å². The van der Waals surface area contributed by atoms with E-state index in [0.29, 0.717) is 5.56 Å². The molecule has 0 bridgehead atoms. The maximum Gasteiger partial charge on any atom is 0.251 e. The van der Waals surface area contributed by atoms with Gasteiger partial charge in [0.05, 0.1) is 6.04 Å². The van der Waals surface area contributed by atoms with E-state index >= 15 is 0 Å². The molecule has 0 aliphatic carbocycles. The lowest BCUT2D eigenvalue weighted by Gasteiger charge is -2.14. The van der Waals surface area contributed by atoms with Crippen molar-refractivity contribution < 1.29 is 9.18 Å². The summed E-state index contributed by atoms with van der Waals surface area (Å²) < 4.78 is 12.9. The summed E-state index contributed by atoms with van der Waals surface area (Å²) >= 11 is 0. The number of nitrogens with one attached hydrogen (secondary N) is 1. The van der Waals surface area contributed by atoms with Crippen LogP contribution >= 0.6 is 0 Å². The van der Waals surface area contributed by atoms with Gasteiger partial charge in [-0.05, 0) is 48.7 Å². The third-order valence-corrected chi connectivity index (χ3v) is 3.34. The normalized spacial score (nSPS) is 11.9. The van der Waals surface area contributed by atoms with Crippen molar-refractivity contribution in [3.05, 3.63) is 71.0 Å². The largest absolute Gasteiger partial charge is 0.346 e. The highest BCUT2D eigenvalue weighted by Crippen LogP contribution is 2.14. The molecule has 1 N–H and O–H groups in total. The number of rotatable bonds is 4. The molecule has 0 heterocycles. The predicted octanol–water partition coefficient (Wildman–Crippen LogP) is 3.88. The van der Waals surface area contributed by atoms with Crippen LogP contribution in [0.1, 0.15) is 41.4 Å². The summed E-state index contributed by atoms with van der Waals surface area (Å²) in [6.07, 6.45) is 0.952. The van der Waals surface area contributed by atoms with Crippen LogP contribution in [0.5, 0.6) is 0 Å². The minimum Gasteiger partial charge on any atom is -0.346 e. The van der Waals surface area contributed by atoms with Gasteiger partial charge in [0.25, 0.3) is 5.91 Å². The second kappa shape index (κ2) is 6.33. The first-order valence-corrected chi connectivity index (χ1v) is 6.75. The van der Waals surface area contributed by atoms with Gasteiger partial charge < -0.3 is 5.32 Å². The van der Waals surface area contributed by atoms with Crippen molar-refractivity contribution in [2.45, 2.75) is 26.3 Å². The molecule has 2 aromatic carbocycles. The minimum absolute atomic E-state index is 0.121. The van der Waals surface area contributed by atoms with Crippen LogP contribution in [0.15, 0.2) is 48.5 Å². The summed E-state index contributed by atoms with van der Waals surface area (Å²) in [6.45, 7) is 3.96. The van der Waals surface area contributed by atoms with Gasteiger partial charge in [-0.1, -0.05) is 31.2 Å². The van der Waals surface area contributed by atoms with Crippen LogP contribution in [0.2, 0.25) is 0 Å². The lowest BCUT2D eigenvalue weighted by atomic mass is 10.1. The molecule has 1 amide bonds. The molecule has 0 aliphatic rings. The van der Waals surface area contributed by atoms with E-state index in [1.54, 1.807) is 12.1 Å². The molecule has 2 rings (SSSR count). The molecular weight excluding hydrogens is 253 g/mol. The smallest absolute Gasteiger partial charge is 0.251 e. The summed E-state index contributed by atoms with van der Waals surface area (Å²) in [5, 5.41) is 2.91. The van der Waals surface area contributed by atoms with Crippen molar-refractivity contribution in [2.75, 3.05) is 0 Å². The van der Waals surface area contributed by atoms with E-state index in [1.165, 1.54) is 17.7 Å². The van der Waals surface area contributed by atoms with E-state index in [9.17, 15) is 9.18 Å². The third kappa shape index (κ3) is 3.44. The van der Waals surface area contributed by atoms with Crippen molar-refractivity contribution in [1.82, 2.24) is 5.32 Å². The van der Waals surface area contributed by atoms with Gasteiger partial charge >= 0.3 is 0 Å². The van der Waals surface area contributed by atoms with Crippen molar-refractivity contribution >= 4 is 5.91 Å². The van der Waals surface area contributed by atoms with Gasteiger partial charge in [0.1, 0.15) is 5.82 Å². The van der Waals surface area contributed by atoms with Crippen LogP contribution < -0.4 is 5.32 Å². The molecule has 104 valence electrons. The summed E-state index contributed by atoms with van der Waals surface area (Å²) in [5.41, 5.74) is 2.72. The SMILES string of the molecule is CCc1ccc(C(=O)N[C@@H](C)c2ccc(F)cc2)cc1. The molecule has 0 spiro atoms. The Kier molecular flexibility index (Phi) is 4.51. The Hall–Kier alpha value is -2.16. The van der Waals surface area contributed by atoms with E-state index in [2.05, 4.69) is 12.2 Å². The molecule has 20 heavy (non-hydrogen) atoms. The molecule has 2 aromatic rings. The lowest BCUT2D eigenvalue weighted by Crippen LogP contribution is -2.26. The van der Waals surface area contributed by atoms with Gasteiger partial charge in [-0.2, -0.15) is 0 Å². The Labute approximate surface area is 118 Å². The standard InChI is InChI=1S/C17H18FNO/c1-3-13-4-6-15(7-5-13)17(20)19-12(2)14-8-10-16(18)11-9-14/h4-12H,3H2,1-2H3,(H,19,20)/t12-/m0/s1. The van der Waals surface area contributed by atoms with Crippen LogP contribution in [0.25, 0.3) is 0 Å². The molecule has 3 heteroatoms. The van der Waals surface area contributed by atoms with E-state index in [0.717, 1.165) is 12.0 Å². The van der Waals surface area contributed by atoms with Crippen LogP contribution in [0, 0.1) is 5.82 Å². The van der Waals surface area contributed by atoms with E-state index < -0.39 is 0 Å².